The maximum absolute atomic E-state index is 12.3. The zero-order valence-corrected chi connectivity index (χ0v) is 16.6. The number of amides is 1. The van der Waals surface area contributed by atoms with E-state index < -0.39 is 0 Å². The van der Waals surface area contributed by atoms with E-state index in [2.05, 4.69) is 15.5 Å². The summed E-state index contributed by atoms with van der Waals surface area (Å²) in [5.41, 5.74) is 1.10. The standard InChI is InChI=1S/C18H19ClN4OS2/c1-12(10-13-4-2-5-14(19)11-13)20-16(24)7-8-23-17(21-22-18(23)25)15-6-3-9-26-15/h2-6,9,11-12H,7-8,10H2,1H3,(H,20,24)(H,22,25)/t12-/m0/s1. The third-order valence-corrected chi connectivity index (χ3v) is 5.31. The van der Waals surface area contributed by atoms with Crippen molar-refractivity contribution in [3.8, 4) is 10.7 Å². The number of benzene rings is 1. The summed E-state index contributed by atoms with van der Waals surface area (Å²) in [6, 6.07) is 11.7. The highest BCUT2D eigenvalue weighted by molar-refractivity contribution is 7.71. The number of carbonyl (C=O) groups excluding carboxylic acids is 1. The van der Waals surface area contributed by atoms with Crippen LogP contribution in [0.2, 0.25) is 5.02 Å². The fraction of sp³-hybridized carbons (Fsp3) is 0.278. The van der Waals surface area contributed by atoms with Crippen LogP contribution in [-0.2, 0) is 17.8 Å². The number of hydrogen-bond acceptors (Lipinski definition) is 4. The number of nitrogens with zero attached hydrogens (tertiary/aromatic N) is 2. The maximum Gasteiger partial charge on any atom is 0.222 e. The Morgan fingerprint density at radius 3 is 3.00 bits per heavy atom. The zero-order chi connectivity index (χ0) is 18.5. The Balaban J connectivity index is 1.56. The summed E-state index contributed by atoms with van der Waals surface area (Å²) in [4.78, 5) is 13.3. The van der Waals surface area contributed by atoms with E-state index in [-0.39, 0.29) is 11.9 Å². The molecular weight excluding hydrogens is 388 g/mol. The molecule has 1 atom stereocenters. The topological polar surface area (TPSA) is 62.7 Å². The number of H-pyrrole nitrogens is 1. The fourth-order valence-electron chi connectivity index (χ4n) is 2.75. The van der Waals surface area contributed by atoms with Crippen molar-refractivity contribution in [1.29, 1.82) is 0 Å². The van der Waals surface area contributed by atoms with Crippen LogP contribution >= 0.6 is 35.2 Å². The number of halogens is 1. The number of thiophene rings is 1. The second-order valence-electron chi connectivity index (χ2n) is 6.03. The van der Waals surface area contributed by atoms with Gasteiger partial charge in [0.2, 0.25) is 5.91 Å². The van der Waals surface area contributed by atoms with Gasteiger partial charge in [0.25, 0.3) is 0 Å². The summed E-state index contributed by atoms with van der Waals surface area (Å²) in [5, 5.41) is 12.8. The quantitative estimate of drug-likeness (QED) is 0.569. The van der Waals surface area contributed by atoms with Gasteiger partial charge in [-0.05, 0) is 54.7 Å². The van der Waals surface area contributed by atoms with Gasteiger partial charge in [-0.1, -0.05) is 29.8 Å². The van der Waals surface area contributed by atoms with Crippen LogP contribution in [0.1, 0.15) is 18.9 Å². The molecule has 0 spiro atoms. The van der Waals surface area contributed by atoms with Crippen LogP contribution in [-0.4, -0.2) is 26.7 Å². The zero-order valence-electron chi connectivity index (χ0n) is 14.2. The Labute approximate surface area is 166 Å². The molecule has 5 nitrogen and oxygen atoms in total. The van der Waals surface area contributed by atoms with E-state index in [0.29, 0.717) is 22.8 Å². The normalized spacial score (nSPS) is 12.1. The molecule has 0 radical (unpaired) electrons. The van der Waals surface area contributed by atoms with Crippen molar-refractivity contribution in [3.63, 3.8) is 0 Å². The van der Waals surface area contributed by atoms with Crippen molar-refractivity contribution < 1.29 is 4.79 Å². The Bertz CT molecular complexity index is 933. The molecule has 8 heteroatoms. The minimum absolute atomic E-state index is 0.0141. The van der Waals surface area contributed by atoms with Gasteiger partial charge in [-0.2, -0.15) is 5.10 Å². The Morgan fingerprint density at radius 1 is 1.42 bits per heavy atom. The molecule has 2 N–H and O–H groups in total. The van der Waals surface area contributed by atoms with Crippen LogP contribution in [0.3, 0.4) is 0 Å². The first-order chi connectivity index (χ1) is 12.5. The monoisotopic (exact) mass is 406 g/mol. The predicted octanol–water partition coefficient (Wildman–Crippen LogP) is 4.46. The lowest BCUT2D eigenvalue weighted by atomic mass is 10.1. The van der Waals surface area contributed by atoms with Gasteiger partial charge < -0.3 is 5.32 Å². The SMILES string of the molecule is C[C@@H](Cc1cccc(Cl)c1)NC(=O)CCn1c(-c2cccs2)n[nH]c1=S. The van der Waals surface area contributed by atoms with Crippen molar-refractivity contribution in [1.82, 2.24) is 20.1 Å². The van der Waals surface area contributed by atoms with E-state index in [1.807, 2.05) is 53.3 Å². The third kappa shape index (κ3) is 4.81. The number of nitrogens with one attached hydrogen (secondary N) is 2. The molecule has 3 aromatic rings. The summed E-state index contributed by atoms with van der Waals surface area (Å²) in [6.07, 6.45) is 1.07. The van der Waals surface area contributed by atoms with Crippen molar-refractivity contribution in [3.05, 3.63) is 57.1 Å². The molecule has 136 valence electrons. The van der Waals surface area contributed by atoms with Gasteiger partial charge in [-0.3, -0.25) is 14.5 Å². The smallest absolute Gasteiger partial charge is 0.222 e. The molecule has 0 saturated heterocycles. The maximum atomic E-state index is 12.3. The lowest BCUT2D eigenvalue weighted by molar-refractivity contribution is -0.121. The molecule has 0 aliphatic carbocycles. The second-order valence-corrected chi connectivity index (χ2v) is 7.80. The van der Waals surface area contributed by atoms with Crippen LogP contribution in [0.4, 0.5) is 0 Å². The van der Waals surface area contributed by atoms with Crippen LogP contribution in [0.15, 0.2) is 41.8 Å². The van der Waals surface area contributed by atoms with Gasteiger partial charge >= 0.3 is 0 Å². The van der Waals surface area contributed by atoms with Crippen LogP contribution in [0, 0.1) is 4.77 Å². The van der Waals surface area contributed by atoms with Gasteiger partial charge in [0.15, 0.2) is 10.6 Å². The lowest BCUT2D eigenvalue weighted by Crippen LogP contribution is -2.34. The molecule has 1 amide bonds. The number of aromatic nitrogens is 3. The summed E-state index contributed by atoms with van der Waals surface area (Å²) < 4.78 is 2.38. The molecule has 0 saturated carbocycles. The van der Waals surface area contributed by atoms with Crippen LogP contribution < -0.4 is 5.32 Å². The largest absolute Gasteiger partial charge is 0.353 e. The van der Waals surface area contributed by atoms with Gasteiger partial charge in [0.05, 0.1) is 4.88 Å². The van der Waals surface area contributed by atoms with Gasteiger partial charge in [0, 0.05) is 24.0 Å². The summed E-state index contributed by atoms with van der Waals surface area (Å²) in [6.45, 7) is 2.47. The second kappa shape index (κ2) is 8.62. The highest BCUT2D eigenvalue weighted by Gasteiger charge is 2.13. The van der Waals surface area contributed by atoms with E-state index >= 15 is 0 Å². The number of hydrogen-bond donors (Lipinski definition) is 2. The molecule has 3 rings (SSSR count). The molecule has 26 heavy (non-hydrogen) atoms. The number of aromatic amines is 1. The Morgan fingerprint density at radius 2 is 2.27 bits per heavy atom. The highest BCUT2D eigenvalue weighted by Crippen LogP contribution is 2.22. The predicted molar refractivity (Wildman–Crippen MR) is 108 cm³/mol. The summed E-state index contributed by atoms with van der Waals surface area (Å²) in [7, 11) is 0. The molecule has 1 aromatic carbocycles. The van der Waals surface area contributed by atoms with Crippen LogP contribution in [0.25, 0.3) is 10.7 Å². The number of carbonyl (C=O) groups is 1. The Hall–Kier alpha value is -1.96. The van der Waals surface area contributed by atoms with Crippen molar-refractivity contribution in [2.24, 2.45) is 0 Å². The number of rotatable bonds is 7. The molecule has 2 heterocycles. The average Bonchev–Trinajstić information content (AvgIpc) is 3.22. The van der Waals surface area contributed by atoms with Gasteiger partial charge in [-0.15, -0.1) is 11.3 Å². The Kier molecular flexibility index (Phi) is 6.24. The third-order valence-electron chi connectivity index (χ3n) is 3.90. The highest BCUT2D eigenvalue weighted by atomic mass is 35.5. The van der Waals surface area contributed by atoms with Crippen molar-refractivity contribution in [2.45, 2.75) is 32.4 Å². The van der Waals surface area contributed by atoms with Crippen molar-refractivity contribution >= 4 is 41.1 Å². The molecule has 2 aromatic heterocycles. The summed E-state index contributed by atoms with van der Waals surface area (Å²) >= 11 is 12.9. The minimum atomic E-state index is -0.0141. The summed E-state index contributed by atoms with van der Waals surface area (Å²) in [5.74, 6) is 0.754. The molecular formula is C18H19ClN4OS2. The minimum Gasteiger partial charge on any atom is -0.353 e. The molecule has 0 unspecified atom stereocenters. The van der Waals surface area contributed by atoms with Gasteiger partial charge in [-0.25, -0.2) is 0 Å². The molecule has 0 fully saturated rings. The van der Waals surface area contributed by atoms with E-state index in [4.69, 9.17) is 23.8 Å². The fourth-order valence-corrected chi connectivity index (χ4v) is 3.91. The molecule has 0 aliphatic rings. The molecule has 0 bridgehead atoms. The van der Waals surface area contributed by atoms with Gasteiger partial charge in [0.1, 0.15) is 0 Å². The first-order valence-electron chi connectivity index (χ1n) is 8.26. The van der Waals surface area contributed by atoms with Crippen molar-refractivity contribution in [2.75, 3.05) is 0 Å². The van der Waals surface area contributed by atoms with E-state index in [1.54, 1.807) is 11.3 Å². The lowest BCUT2D eigenvalue weighted by Gasteiger charge is -2.14. The first-order valence-corrected chi connectivity index (χ1v) is 9.92. The van der Waals surface area contributed by atoms with Crippen LogP contribution in [0.5, 0.6) is 0 Å². The first kappa shape index (κ1) is 18.8. The van der Waals surface area contributed by atoms with E-state index in [0.717, 1.165) is 22.7 Å². The van der Waals surface area contributed by atoms with E-state index in [1.165, 1.54) is 0 Å². The van der Waals surface area contributed by atoms with E-state index in [9.17, 15) is 4.79 Å². The molecule has 0 aliphatic heterocycles. The average molecular weight is 407 g/mol.